The number of rotatable bonds is 3. The fourth-order valence-electron chi connectivity index (χ4n) is 1.66. The average Bonchev–Trinajstić information content (AvgIpc) is 2.44. The third-order valence-electron chi connectivity index (χ3n) is 2.65. The van der Waals surface area contributed by atoms with Crippen molar-refractivity contribution in [2.45, 2.75) is 13.0 Å². The van der Waals surface area contributed by atoms with Crippen molar-refractivity contribution in [1.29, 1.82) is 0 Å². The number of hydrogen-bond acceptors (Lipinski definition) is 3. The van der Waals surface area contributed by atoms with E-state index in [-0.39, 0.29) is 13.2 Å². The van der Waals surface area contributed by atoms with Gasteiger partial charge in [-0.3, -0.25) is 4.57 Å². The van der Waals surface area contributed by atoms with E-state index in [1.807, 2.05) is 0 Å². The first-order valence-corrected chi connectivity index (χ1v) is 6.10. The standard InChI is InChI=1S/C15H13FN2O2/c16-14-10-12(4-1-2-9-19)5-6-13(14)11-18-8-3-7-17-15(18)20/h3,5-8,10,19H,2,9,11H2. The van der Waals surface area contributed by atoms with Crippen LogP contribution < -0.4 is 5.69 Å². The third kappa shape index (κ3) is 3.53. The molecule has 1 aromatic carbocycles. The summed E-state index contributed by atoms with van der Waals surface area (Å²) in [4.78, 5) is 15.1. The van der Waals surface area contributed by atoms with Gasteiger partial charge in [-0.15, -0.1) is 0 Å². The van der Waals surface area contributed by atoms with E-state index >= 15 is 0 Å². The van der Waals surface area contributed by atoms with Crippen LogP contribution in [0.2, 0.25) is 0 Å². The molecule has 0 saturated carbocycles. The molecular formula is C15H13FN2O2. The molecule has 1 aromatic heterocycles. The Bertz CT molecular complexity index is 714. The van der Waals surface area contributed by atoms with Gasteiger partial charge in [0, 0.05) is 29.9 Å². The predicted octanol–water partition coefficient (Wildman–Crippen LogP) is 1.16. The van der Waals surface area contributed by atoms with Gasteiger partial charge >= 0.3 is 5.69 Å². The van der Waals surface area contributed by atoms with Gasteiger partial charge in [-0.1, -0.05) is 17.9 Å². The van der Waals surface area contributed by atoms with Crippen molar-refractivity contribution < 1.29 is 9.50 Å². The van der Waals surface area contributed by atoms with Gasteiger partial charge in [0.25, 0.3) is 0 Å². The molecule has 5 heteroatoms. The summed E-state index contributed by atoms with van der Waals surface area (Å²) in [5.41, 5.74) is 0.518. The van der Waals surface area contributed by atoms with Crippen LogP contribution in [0.25, 0.3) is 0 Å². The summed E-state index contributed by atoms with van der Waals surface area (Å²) in [7, 11) is 0. The molecule has 0 fully saturated rings. The lowest BCUT2D eigenvalue weighted by Crippen LogP contribution is -2.22. The van der Waals surface area contributed by atoms with Crippen LogP contribution in [0.3, 0.4) is 0 Å². The van der Waals surface area contributed by atoms with E-state index in [2.05, 4.69) is 16.8 Å². The molecule has 0 aliphatic heterocycles. The Balaban J connectivity index is 2.21. The fraction of sp³-hybridized carbons (Fsp3) is 0.200. The van der Waals surface area contributed by atoms with Crippen LogP contribution in [-0.2, 0) is 6.54 Å². The highest BCUT2D eigenvalue weighted by Crippen LogP contribution is 2.10. The number of nitrogens with zero attached hydrogens (tertiary/aromatic N) is 2. The summed E-state index contributed by atoms with van der Waals surface area (Å²) in [6.07, 6.45) is 3.31. The maximum absolute atomic E-state index is 13.9. The monoisotopic (exact) mass is 272 g/mol. The van der Waals surface area contributed by atoms with Gasteiger partial charge in [0.2, 0.25) is 0 Å². The van der Waals surface area contributed by atoms with Crippen molar-refractivity contribution in [2.75, 3.05) is 6.61 Å². The summed E-state index contributed by atoms with van der Waals surface area (Å²) in [5, 5.41) is 8.62. The largest absolute Gasteiger partial charge is 0.395 e. The van der Waals surface area contributed by atoms with Gasteiger partial charge < -0.3 is 5.11 Å². The molecule has 0 bridgehead atoms. The van der Waals surface area contributed by atoms with Crippen LogP contribution in [0.4, 0.5) is 4.39 Å². The molecule has 2 rings (SSSR count). The van der Waals surface area contributed by atoms with Crippen molar-refractivity contribution in [1.82, 2.24) is 9.55 Å². The Labute approximate surface area is 115 Å². The fourth-order valence-corrected chi connectivity index (χ4v) is 1.66. The van der Waals surface area contributed by atoms with Crippen LogP contribution in [0.15, 0.2) is 41.5 Å². The van der Waals surface area contributed by atoms with Gasteiger partial charge in [-0.25, -0.2) is 14.2 Å². The van der Waals surface area contributed by atoms with Crippen LogP contribution in [-0.4, -0.2) is 21.3 Å². The molecule has 0 amide bonds. The van der Waals surface area contributed by atoms with E-state index in [4.69, 9.17) is 5.11 Å². The van der Waals surface area contributed by atoms with E-state index in [0.717, 1.165) is 0 Å². The zero-order valence-corrected chi connectivity index (χ0v) is 10.7. The van der Waals surface area contributed by atoms with E-state index in [1.54, 1.807) is 24.4 Å². The summed E-state index contributed by atoms with van der Waals surface area (Å²) in [6, 6.07) is 6.22. The van der Waals surface area contributed by atoms with Gasteiger partial charge in [-0.05, 0) is 18.2 Å². The lowest BCUT2D eigenvalue weighted by atomic mass is 10.1. The number of hydrogen-bond donors (Lipinski definition) is 1. The predicted molar refractivity (Wildman–Crippen MR) is 72.6 cm³/mol. The lowest BCUT2D eigenvalue weighted by molar-refractivity contribution is 0.305. The number of benzene rings is 1. The molecule has 102 valence electrons. The second-order valence-electron chi connectivity index (χ2n) is 4.11. The van der Waals surface area contributed by atoms with Crippen molar-refractivity contribution in [2.24, 2.45) is 0 Å². The summed E-state index contributed by atoms with van der Waals surface area (Å²) >= 11 is 0. The second-order valence-corrected chi connectivity index (χ2v) is 4.11. The van der Waals surface area contributed by atoms with Crippen LogP contribution >= 0.6 is 0 Å². The molecule has 4 nitrogen and oxygen atoms in total. The Kier molecular flexibility index (Phi) is 4.64. The molecule has 0 aliphatic rings. The Hall–Kier alpha value is -2.45. The van der Waals surface area contributed by atoms with Crippen LogP contribution in [0.5, 0.6) is 0 Å². The normalized spacial score (nSPS) is 9.90. The third-order valence-corrected chi connectivity index (χ3v) is 2.65. The van der Waals surface area contributed by atoms with E-state index in [1.165, 1.54) is 16.8 Å². The number of aliphatic hydroxyl groups is 1. The van der Waals surface area contributed by atoms with E-state index in [9.17, 15) is 9.18 Å². The Morgan fingerprint density at radius 2 is 2.25 bits per heavy atom. The zero-order chi connectivity index (χ0) is 14.4. The summed E-state index contributed by atoms with van der Waals surface area (Å²) < 4.78 is 15.3. The lowest BCUT2D eigenvalue weighted by Gasteiger charge is -2.06. The molecule has 0 aliphatic carbocycles. The minimum atomic E-state index is -0.420. The molecule has 2 aromatic rings. The van der Waals surface area contributed by atoms with E-state index in [0.29, 0.717) is 17.5 Å². The van der Waals surface area contributed by atoms with Crippen molar-refractivity contribution in [3.8, 4) is 11.8 Å². The van der Waals surface area contributed by atoms with Gasteiger partial charge in [-0.2, -0.15) is 0 Å². The molecule has 1 N–H and O–H groups in total. The SMILES string of the molecule is O=c1ncccn1Cc1ccc(C#CCCO)cc1F. The number of halogens is 1. The maximum Gasteiger partial charge on any atom is 0.347 e. The van der Waals surface area contributed by atoms with E-state index < -0.39 is 11.5 Å². The minimum Gasteiger partial charge on any atom is -0.395 e. The number of aromatic nitrogens is 2. The zero-order valence-electron chi connectivity index (χ0n) is 10.7. The van der Waals surface area contributed by atoms with Gasteiger partial charge in [0.05, 0.1) is 13.2 Å². The smallest absolute Gasteiger partial charge is 0.347 e. The first kappa shape index (κ1) is 14.0. The number of aliphatic hydroxyl groups excluding tert-OH is 1. The first-order valence-electron chi connectivity index (χ1n) is 6.10. The molecular weight excluding hydrogens is 259 g/mol. The average molecular weight is 272 g/mol. The van der Waals surface area contributed by atoms with Gasteiger partial charge in [0.15, 0.2) is 0 Å². The summed E-state index contributed by atoms with van der Waals surface area (Å²) in [5.74, 6) is 5.06. The van der Waals surface area contributed by atoms with Crippen LogP contribution in [0.1, 0.15) is 17.5 Å². The Morgan fingerprint density at radius 3 is 2.95 bits per heavy atom. The van der Waals surface area contributed by atoms with Crippen molar-refractivity contribution >= 4 is 0 Å². The molecule has 0 saturated heterocycles. The molecule has 0 spiro atoms. The van der Waals surface area contributed by atoms with Crippen molar-refractivity contribution in [3.05, 3.63) is 64.1 Å². The minimum absolute atomic E-state index is 0.0164. The summed E-state index contributed by atoms with van der Waals surface area (Å²) in [6.45, 7) is 0.111. The highest BCUT2D eigenvalue weighted by molar-refractivity contribution is 5.37. The van der Waals surface area contributed by atoms with Crippen LogP contribution in [0, 0.1) is 17.7 Å². The maximum atomic E-state index is 13.9. The molecule has 1 heterocycles. The molecule has 0 atom stereocenters. The molecule has 20 heavy (non-hydrogen) atoms. The molecule has 0 unspecified atom stereocenters. The topological polar surface area (TPSA) is 55.1 Å². The Morgan fingerprint density at radius 1 is 1.40 bits per heavy atom. The highest BCUT2D eigenvalue weighted by atomic mass is 19.1. The first-order chi connectivity index (χ1) is 9.70. The highest BCUT2D eigenvalue weighted by Gasteiger charge is 2.05. The molecule has 0 radical (unpaired) electrons. The quantitative estimate of drug-likeness (QED) is 0.853. The second kappa shape index (κ2) is 6.64. The van der Waals surface area contributed by atoms with Crippen molar-refractivity contribution in [3.63, 3.8) is 0 Å². The van der Waals surface area contributed by atoms with Gasteiger partial charge in [0.1, 0.15) is 5.82 Å².